The number of hydrogen-bond donors (Lipinski definition) is 2. The summed E-state index contributed by atoms with van der Waals surface area (Å²) in [6.45, 7) is 2.91. The van der Waals surface area contributed by atoms with Crippen LogP contribution in [-0.4, -0.2) is 43.8 Å². The van der Waals surface area contributed by atoms with Gasteiger partial charge >= 0.3 is 0 Å². The fourth-order valence-corrected chi connectivity index (χ4v) is 1.60. The Balaban J connectivity index is 2.63. The molecular formula is C16H20N4O2. The highest BCUT2D eigenvalue weighted by Gasteiger charge is 2.09. The average molecular weight is 300 g/mol. The summed E-state index contributed by atoms with van der Waals surface area (Å²) in [5, 5.41) is 14.6. The molecular weight excluding hydrogens is 280 g/mol. The zero-order valence-corrected chi connectivity index (χ0v) is 13.0. The molecule has 116 valence electrons. The van der Waals surface area contributed by atoms with E-state index in [1.165, 1.54) is 13.1 Å². The third-order valence-electron chi connectivity index (χ3n) is 2.86. The normalized spacial score (nSPS) is 11.0. The minimum absolute atomic E-state index is 0.00518. The Kier molecular flexibility index (Phi) is 6.80. The van der Waals surface area contributed by atoms with E-state index in [4.69, 9.17) is 5.26 Å². The Morgan fingerprint density at radius 2 is 1.91 bits per heavy atom. The number of carbonyl (C=O) groups is 2. The highest BCUT2D eigenvalue weighted by molar-refractivity contribution is 6.06. The molecule has 1 aromatic carbocycles. The average Bonchev–Trinajstić information content (AvgIpc) is 2.47. The Bertz CT molecular complexity index is 598. The predicted octanol–water partition coefficient (Wildman–Crippen LogP) is 1.39. The van der Waals surface area contributed by atoms with Crippen molar-refractivity contribution in [3.8, 4) is 6.07 Å². The lowest BCUT2D eigenvalue weighted by Gasteiger charge is -2.09. The standard InChI is InChI=1S/C16H20N4O2/c1-12(21)13-4-6-15(7-5-13)19-16(22)14(10-17)11-18-8-9-20(2)3/h4-7,11,18H,8-9H2,1-3H3,(H,19,22)/b14-11-. The summed E-state index contributed by atoms with van der Waals surface area (Å²) >= 11 is 0. The fraction of sp³-hybridized carbons (Fsp3) is 0.312. The largest absolute Gasteiger partial charge is 0.388 e. The number of nitrogens with zero attached hydrogens (tertiary/aromatic N) is 2. The molecule has 0 bridgehead atoms. The molecule has 1 aromatic rings. The van der Waals surface area contributed by atoms with Gasteiger partial charge in [-0.3, -0.25) is 9.59 Å². The molecule has 1 rings (SSSR count). The summed E-state index contributed by atoms with van der Waals surface area (Å²) in [5.41, 5.74) is 1.10. The van der Waals surface area contributed by atoms with Crippen LogP contribution in [0, 0.1) is 11.3 Å². The van der Waals surface area contributed by atoms with E-state index >= 15 is 0 Å². The number of likely N-dealkylation sites (N-methyl/N-ethyl adjacent to an activating group) is 1. The molecule has 0 aliphatic carbocycles. The number of hydrogen-bond acceptors (Lipinski definition) is 5. The van der Waals surface area contributed by atoms with Gasteiger partial charge in [0, 0.05) is 30.5 Å². The lowest BCUT2D eigenvalue weighted by atomic mass is 10.1. The molecule has 0 aromatic heterocycles. The van der Waals surface area contributed by atoms with E-state index in [1.807, 2.05) is 25.1 Å². The minimum Gasteiger partial charge on any atom is -0.388 e. The van der Waals surface area contributed by atoms with Gasteiger partial charge in [-0.15, -0.1) is 0 Å². The second-order valence-electron chi connectivity index (χ2n) is 5.01. The summed E-state index contributed by atoms with van der Waals surface area (Å²) in [6.07, 6.45) is 1.41. The molecule has 0 aliphatic rings. The van der Waals surface area contributed by atoms with E-state index in [0.29, 0.717) is 17.8 Å². The van der Waals surface area contributed by atoms with E-state index in [9.17, 15) is 9.59 Å². The lowest BCUT2D eigenvalue weighted by Crippen LogP contribution is -2.24. The van der Waals surface area contributed by atoms with Crippen LogP contribution in [0.2, 0.25) is 0 Å². The Morgan fingerprint density at radius 3 is 2.41 bits per heavy atom. The Labute approximate surface area is 130 Å². The summed E-state index contributed by atoms with van der Waals surface area (Å²) in [6, 6.07) is 8.37. The molecule has 0 spiro atoms. The number of Topliss-reactive ketones (excluding diaryl/α,β-unsaturated/α-hetero) is 1. The first-order chi connectivity index (χ1) is 10.4. The summed E-state index contributed by atoms with van der Waals surface area (Å²) in [4.78, 5) is 25.1. The van der Waals surface area contributed by atoms with E-state index in [-0.39, 0.29) is 11.4 Å². The number of anilines is 1. The molecule has 0 atom stereocenters. The van der Waals surface area contributed by atoms with E-state index < -0.39 is 5.91 Å². The Morgan fingerprint density at radius 1 is 1.27 bits per heavy atom. The summed E-state index contributed by atoms with van der Waals surface area (Å²) in [5.74, 6) is -0.531. The molecule has 22 heavy (non-hydrogen) atoms. The van der Waals surface area contributed by atoms with Gasteiger partial charge in [0.05, 0.1) is 0 Å². The van der Waals surface area contributed by atoms with Gasteiger partial charge in [0.25, 0.3) is 5.91 Å². The third-order valence-corrected chi connectivity index (χ3v) is 2.86. The minimum atomic E-state index is -0.490. The maximum Gasteiger partial charge on any atom is 0.267 e. The fourth-order valence-electron chi connectivity index (χ4n) is 1.60. The van der Waals surface area contributed by atoms with Crippen LogP contribution in [-0.2, 0) is 4.79 Å². The topological polar surface area (TPSA) is 85.2 Å². The smallest absolute Gasteiger partial charge is 0.267 e. The second-order valence-corrected chi connectivity index (χ2v) is 5.01. The third kappa shape index (κ3) is 5.77. The predicted molar refractivity (Wildman–Crippen MR) is 85.3 cm³/mol. The first-order valence-electron chi connectivity index (χ1n) is 6.84. The molecule has 0 unspecified atom stereocenters. The van der Waals surface area contributed by atoms with Gasteiger partial charge in [-0.2, -0.15) is 5.26 Å². The van der Waals surface area contributed by atoms with Crippen LogP contribution in [0.1, 0.15) is 17.3 Å². The van der Waals surface area contributed by atoms with Crippen molar-refractivity contribution < 1.29 is 9.59 Å². The number of nitriles is 1. The van der Waals surface area contributed by atoms with Gasteiger partial charge in [0.1, 0.15) is 11.6 Å². The van der Waals surface area contributed by atoms with Gasteiger partial charge in [-0.05, 0) is 45.3 Å². The molecule has 2 N–H and O–H groups in total. The van der Waals surface area contributed by atoms with Crippen LogP contribution < -0.4 is 10.6 Å². The maximum absolute atomic E-state index is 12.0. The number of rotatable bonds is 7. The van der Waals surface area contributed by atoms with E-state index in [1.54, 1.807) is 24.3 Å². The summed E-state index contributed by atoms with van der Waals surface area (Å²) in [7, 11) is 3.88. The first kappa shape index (κ1) is 17.4. The molecule has 1 amide bonds. The molecule has 0 fully saturated rings. The van der Waals surface area contributed by atoms with Gasteiger partial charge < -0.3 is 15.5 Å². The second kappa shape index (κ2) is 8.60. The number of ketones is 1. The SMILES string of the molecule is CC(=O)c1ccc(NC(=O)/C(C#N)=C\NCCN(C)C)cc1. The van der Waals surface area contributed by atoms with Crippen LogP contribution in [0.15, 0.2) is 36.0 Å². The lowest BCUT2D eigenvalue weighted by molar-refractivity contribution is -0.112. The zero-order valence-electron chi connectivity index (χ0n) is 13.0. The van der Waals surface area contributed by atoms with Gasteiger partial charge in [-0.25, -0.2) is 0 Å². The molecule has 0 saturated heterocycles. The van der Waals surface area contributed by atoms with Crippen LogP contribution in [0.5, 0.6) is 0 Å². The van der Waals surface area contributed by atoms with Crippen LogP contribution >= 0.6 is 0 Å². The first-order valence-corrected chi connectivity index (χ1v) is 6.84. The monoisotopic (exact) mass is 300 g/mol. The zero-order chi connectivity index (χ0) is 16.5. The van der Waals surface area contributed by atoms with Crippen molar-refractivity contribution in [2.45, 2.75) is 6.92 Å². The summed E-state index contributed by atoms with van der Waals surface area (Å²) < 4.78 is 0. The number of carbonyl (C=O) groups excluding carboxylic acids is 2. The number of amides is 1. The molecule has 0 radical (unpaired) electrons. The van der Waals surface area contributed by atoms with Crippen LogP contribution in [0.25, 0.3) is 0 Å². The highest BCUT2D eigenvalue weighted by Crippen LogP contribution is 2.11. The van der Waals surface area contributed by atoms with Gasteiger partial charge in [-0.1, -0.05) is 0 Å². The van der Waals surface area contributed by atoms with Gasteiger partial charge in [0.15, 0.2) is 5.78 Å². The molecule has 0 heterocycles. The van der Waals surface area contributed by atoms with Gasteiger partial charge in [0.2, 0.25) is 0 Å². The number of nitrogens with one attached hydrogen (secondary N) is 2. The number of benzene rings is 1. The molecule has 0 saturated carbocycles. The van der Waals surface area contributed by atoms with Crippen LogP contribution in [0.3, 0.4) is 0 Å². The highest BCUT2D eigenvalue weighted by atomic mass is 16.1. The Hall–Kier alpha value is -2.65. The van der Waals surface area contributed by atoms with Crippen molar-refractivity contribution in [1.82, 2.24) is 10.2 Å². The molecule has 6 heteroatoms. The van der Waals surface area contributed by atoms with Crippen molar-refractivity contribution in [2.75, 3.05) is 32.5 Å². The molecule has 0 aliphatic heterocycles. The van der Waals surface area contributed by atoms with Crippen molar-refractivity contribution in [3.05, 3.63) is 41.6 Å². The van der Waals surface area contributed by atoms with E-state index in [0.717, 1.165) is 6.54 Å². The van der Waals surface area contributed by atoms with Crippen molar-refractivity contribution in [3.63, 3.8) is 0 Å². The van der Waals surface area contributed by atoms with Crippen molar-refractivity contribution in [2.24, 2.45) is 0 Å². The van der Waals surface area contributed by atoms with Crippen molar-refractivity contribution in [1.29, 1.82) is 5.26 Å². The van der Waals surface area contributed by atoms with E-state index in [2.05, 4.69) is 10.6 Å². The van der Waals surface area contributed by atoms with Crippen LogP contribution in [0.4, 0.5) is 5.69 Å². The quantitative estimate of drug-likeness (QED) is 0.344. The molecule has 6 nitrogen and oxygen atoms in total. The maximum atomic E-state index is 12.0. The van der Waals surface area contributed by atoms with Crippen molar-refractivity contribution >= 4 is 17.4 Å².